The normalized spacial score (nSPS) is 9.75. The zero-order valence-corrected chi connectivity index (χ0v) is 9.11. The van der Waals surface area contributed by atoms with Crippen LogP contribution in [0.3, 0.4) is 0 Å². The summed E-state index contributed by atoms with van der Waals surface area (Å²) in [7, 11) is 0. The van der Waals surface area contributed by atoms with Gasteiger partial charge in [0.15, 0.2) is 0 Å². The lowest BCUT2D eigenvalue weighted by atomic mass is 10.4. The van der Waals surface area contributed by atoms with Crippen molar-refractivity contribution in [3.8, 4) is 0 Å². The highest BCUT2D eigenvalue weighted by Gasteiger charge is 2.01. The second-order valence-corrected chi connectivity index (χ2v) is 3.44. The molecule has 16 heavy (non-hydrogen) atoms. The number of hydrogen-bond acceptors (Lipinski definition) is 5. The van der Waals surface area contributed by atoms with Crippen LogP contribution in [0.15, 0.2) is 36.8 Å². The van der Waals surface area contributed by atoms with Crippen molar-refractivity contribution in [1.82, 2.24) is 15.0 Å². The van der Waals surface area contributed by atoms with Gasteiger partial charge in [0.05, 0.1) is 11.9 Å². The van der Waals surface area contributed by atoms with Gasteiger partial charge in [0, 0.05) is 12.4 Å². The molecule has 0 spiro atoms. The van der Waals surface area contributed by atoms with Crippen molar-refractivity contribution in [2.45, 2.75) is 0 Å². The molecule has 5 nitrogen and oxygen atoms in total. The molecule has 0 radical (unpaired) electrons. The molecule has 0 aliphatic heterocycles. The molecule has 0 saturated carbocycles. The number of hydrogen-bond donors (Lipinski definition) is 2. The number of nitrogens with one attached hydrogen (secondary N) is 1. The topological polar surface area (TPSA) is 76.7 Å². The molecule has 2 aromatic heterocycles. The number of aromatic nitrogens is 3. The summed E-state index contributed by atoms with van der Waals surface area (Å²) in [4.78, 5) is 12.4. The first-order valence-electron chi connectivity index (χ1n) is 4.55. The van der Waals surface area contributed by atoms with E-state index >= 15 is 0 Å². The summed E-state index contributed by atoms with van der Waals surface area (Å²) in [5, 5.41) is 3.00. The van der Waals surface area contributed by atoms with Gasteiger partial charge in [-0.3, -0.25) is 4.98 Å². The second kappa shape index (κ2) is 4.63. The van der Waals surface area contributed by atoms with Crippen LogP contribution in [0.2, 0.25) is 0 Å². The smallest absolute Gasteiger partial charge is 0.227 e. The third-order valence-electron chi connectivity index (χ3n) is 1.83. The summed E-state index contributed by atoms with van der Waals surface area (Å²) in [5.41, 5.74) is 6.82. The third kappa shape index (κ3) is 2.48. The Bertz CT molecular complexity index is 500. The summed E-state index contributed by atoms with van der Waals surface area (Å²) in [6.45, 7) is 0. The molecule has 0 aromatic carbocycles. The molecule has 6 heteroatoms. The molecule has 80 valence electrons. The third-order valence-corrected chi connectivity index (χ3v) is 2.03. The van der Waals surface area contributed by atoms with Crippen LogP contribution in [-0.2, 0) is 0 Å². The Hall–Kier alpha value is -2.08. The van der Waals surface area contributed by atoms with E-state index in [1.165, 1.54) is 0 Å². The van der Waals surface area contributed by atoms with E-state index < -0.39 is 0 Å². The predicted molar refractivity (Wildman–Crippen MR) is 65.4 cm³/mol. The maximum atomic E-state index is 5.48. The van der Waals surface area contributed by atoms with Crippen molar-refractivity contribution in [3.63, 3.8) is 0 Å². The highest BCUT2D eigenvalue weighted by atomic mass is 32.1. The van der Waals surface area contributed by atoms with Gasteiger partial charge in [-0.25, -0.2) is 9.97 Å². The number of pyridine rings is 1. The fraction of sp³-hybridized carbons (Fsp3) is 0. The lowest BCUT2D eigenvalue weighted by Crippen LogP contribution is -2.12. The van der Waals surface area contributed by atoms with E-state index in [9.17, 15) is 0 Å². The lowest BCUT2D eigenvalue weighted by Gasteiger charge is -2.04. The van der Waals surface area contributed by atoms with Gasteiger partial charge in [-0.1, -0.05) is 12.2 Å². The molecule has 0 aliphatic rings. The first-order valence-corrected chi connectivity index (χ1v) is 4.96. The Morgan fingerprint density at radius 1 is 1.31 bits per heavy atom. The average Bonchev–Trinajstić information content (AvgIpc) is 2.30. The molecule has 0 saturated heterocycles. The largest absolute Gasteiger partial charge is 0.388 e. The Morgan fingerprint density at radius 2 is 2.19 bits per heavy atom. The van der Waals surface area contributed by atoms with Crippen molar-refractivity contribution in [2.24, 2.45) is 5.73 Å². The molecule has 2 rings (SSSR count). The van der Waals surface area contributed by atoms with Crippen LogP contribution in [0.1, 0.15) is 5.69 Å². The van der Waals surface area contributed by atoms with Gasteiger partial charge >= 0.3 is 0 Å². The molecule has 0 aliphatic carbocycles. The first kappa shape index (κ1) is 10.4. The predicted octanol–water partition coefficient (Wildman–Crippen LogP) is 1.25. The van der Waals surface area contributed by atoms with E-state index in [0.717, 1.165) is 5.69 Å². The molecule has 2 heterocycles. The van der Waals surface area contributed by atoms with E-state index in [4.69, 9.17) is 18.0 Å². The van der Waals surface area contributed by atoms with E-state index in [1.807, 2.05) is 12.1 Å². The monoisotopic (exact) mass is 231 g/mol. The molecule has 2 aromatic rings. The summed E-state index contributed by atoms with van der Waals surface area (Å²) in [5.74, 6) is 0.443. The maximum Gasteiger partial charge on any atom is 0.227 e. The van der Waals surface area contributed by atoms with Gasteiger partial charge in [0.2, 0.25) is 5.95 Å². The highest BCUT2D eigenvalue weighted by Crippen LogP contribution is 2.10. The summed E-state index contributed by atoms with van der Waals surface area (Å²) < 4.78 is 0. The molecule has 0 amide bonds. The van der Waals surface area contributed by atoms with Crippen molar-refractivity contribution in [3.05, 3.63) is 42.5 Å². The first-order chi connectivity index (χ1) is 7.75. The summed E-state index contributed by atoms with van der Waals surface area (Å²) >= 11 is 4.83. The zero-order chi connectivity index (χ0) is 11.4. The molecule has 3 N–H and O–H groups in total. The fourth-order valence-electron chi connectivity index (χ4n) is 1.12. The minimum Gasteiger partial charge on any atom is -0.388 e. The maximum absolute atomic E-state index is 5.48. The van der Waals surface area contributed by atoms with E-state index in [0.29, 0.717) is 11.6 Å². The van der Waals surface area contributed by atoms with Crippen LogP contribution in [0, 0.1) is 0 Å². The van der Waals surface area contributed by atoms with E-state index in [2.05, 4.69) is 20.3 Å². The Balaban J connectivity index is 2.22. The van der Waals surface area contributed by atoms with E-state index in [-0.39, 0.29) is 4.99 Å². The molecular weight excluding hydrogens is 222 g/mol. The molecule has 0 fully saturated rings. The average molecular weight is 231 g/mol. The fourth-order valence-corrected chi connectivity index (χ4v) is 1.24. The van der Waals surface area contributed by atoms with Crippen molar-refractivity contribution in [1.29, 1.82) is 0 Å². The van der Waals surface area contributed by atoms with Gasteiger partial charge in [0.1, 0.15) is 10.7 Å². The van der Waals surface area contributed by atoms with Gasteiger partial charge in [0.25, 0.3) is 0 Å². The highest BCUT2D eigenvalue weighted by molar-refractivity contribution is 7.80. The standard InChI is InChI=1S/C10H9N5S/c11-9(16)8-3-5-13-10(15-8)14-7-2-1-4-12-6-7/h1-6H,(H2,11,16)(H,13,14,15). The minimum absolute atomic E-state index is 0.247. The SMILES string of the molecule is NC(=S)c1ccnc(Nc2cccnc2)n1. The minimum atomic E-state index is 0.247. The Labute approximate surface area is 97.8 Å². The van der Waals surface area contributed by atoms with Crippen LogP contribution in [-0.4, -0.2) is 19.9 Å². The summed E-state index contributed by atoms with van der Waals surface area (Å²) in [6, 6.07) is 5.35. The van der Waals surface area contributed by atoms with Crippen molar-refractivity contribution in [2.75, 3.05) is 5.32 Å². The van der Waals surface area contributed by atoms with Gasteiger partial charge in [-0.2, -0.15) is 0 Å². The van der Waals surface area contributed by atoms with Crippen LogP contribution >= 0.6 is 12.2 Å². The van der Waals surface area contributed by atoms with Crippen molar-refractivity contribution < 1.29 is 0 Å². The molecular formula is C10H9N5S. The number of nitrogens with zero attached hydrogens (tertiary/aromatic N) is 3. The molecule has 0 bridgehead atoms. The molecule has 0 atom stereocenters. The van der Waals surface area contributed by atoms with Crippen molar-refractivity contribution >= 4 is 28.8 Å². The zero-order valence-electron chi connectivity index (χ0n) is 8.29. The van der Waals surface area contributed by atoms with Crippen LogP contribution in [0.4, 0.5) is 11.6 Å². The quantitative estimate of drug-likeness (QED) is 0.774. The summed E-state index contributed by atoms with van der Waals surface area (Å²) in [6.07, 6.45) is 4.97. The van der Waals surface area contributed by atoms with Crippen LogP contribution < -0.4 is 11.1 Å². The van der Waals surface area contributed by atoms with E-state index in [1.54, 1.807) is 24.7 Å². The number of thiocarbonyl (C=S) groups is 1. The lowest BCUT2D eigenvalue weighted by molar-refractivity contribution is 1.15. The van der Waals surface area contributed by atoms with Gasteiger partial charge in [-0.05, 0) is 18.2 Å². The van der Waals surface area contributed by atoms with Crippen LogP contribution in [0.5, 0.6) is 0 Å². The number of nitrogens with two attached hydrogens (primary N) is 1. The number of rotatable bonds is 3. The van der Waals surface area contributed by atoms with Gasteiger partial charge in [-0.15, -0.1) is 0 Å². The van der Waals surface area contributed by atoms with Crippen LogP contribution in [0.25, 0.3) is 0 Å². The van der Waals surface area contributed by atoms with Gasteiger partial charge < -0.3 is 11.1 Å². The second-order valence-electron chi connectivity index (χ2n) is 3.00. The molecule has 0 unspecified atom stereocenters. The number of anilines is 2. The Morgan fingerprint density at radius 3 is 2.88 bits per heavy atom. The Kier molecular flexibility index (Phi) is 3.02.